The number of thiazole rings is 1. The second-order valence-corrected chi connectivity index (χ2v) is 7.21. The van der Waals surface area contributed by atoms with Gasteiger partial charge in [-0.15, -0.1) is 11.3 Å². The molecule has 1 atom stereocenters. The molecule has 1 fully saturated rings. The van der Waals surface area contributed by atoms with Gasteiger partial charge in [-0.1, -0.05) is 0 Å². The van der Waals surface area contributed by atoms with Crippen molar-refractivity contribution in [2.45, 2.75) is 31.5 Å². The molecule has 7 nitrogen and oxygen atoms in total. The van der Waals surface area contributed by atoms with Crippen molar-refractivity contribution in [1.82, 2.24) is 20.5 Å². The lowest BCUT2D eigenvalue weighted by Crippen LogP contribution is -2.42. The molecule has 27 heavy (non-hydrogen) atoms. The van der Waals surface area contributed by atoms with E-state index in [2.05, 4.69) is 20.6 Å². The topological polar surface area (TPSA) is 78.9 Å². The maximum atomic E-state index is 12.6. The third-order valence-corrected chi connectivity index (χ3v) is 4.77. The zero-order valence-electron chi connectivity index (χ0n) is 15.3. The third kappa shape index (κ3) is 7.33. The molecule has 1 amide bonds. The van der Waals surface area contributed by atoms with E-state index in [1.807, 2.05) is 0 Å². The van der Waals surface area contributed by atoms with Crippen molar-refractivity contribution >= 4 is 23.2 Å². The number of hydrogen-bond donors (Lipinski definition) is 2. The molecule has 152 valence electrons. The fourth-order valence-corrected chi connectivity index (χ4v) is 3.13. The molecule has 11 heteroatoms. The SMILES string of the molecule is CN(C)C(=O)CN=C(NCCc1nc(C(F)(F)F)cs1)NCC1CCCO1. The Kier molecular flexibility index (Phi) is 7.84. The number of hydrogen-bond acceptors (Lipinski definition) is 5. The lowest BCUT2D eigenvalue weighted by Gasteiger charge is -2.16. The Balaban J connectivity index is 1.86. The number of amides is 1. The highest BCUT2D eigenvalue weighted by Gasteiger charge is 2.33. The summed E-state index contributed by atoms with van der Waals surface area (Å²) in [6.45, 7) is 1.61. The number of guanidine groups is 1. The Morgan fingerprint density at radius 3 is 2.81 bits per heavy atom. The van der Waals surface area contributed by atoms with Crippen molar-refractivity contribution in [3.8, 4) is 0 Å². The van der Waals surface area contributed by atoms with Crippen LogP contribution in [-0.4, -0.2) is 68.2 Å². The van der Waals surface area contributed by atoms with Crippen molar-refractivity contribution in [3.63, 3.8) is 0 Å². The van der Waals surface area contributed by atoms with Gasteiger partial charge >= 0.3 is 6.18 Å². The molecule has 0 bridgehead atoms. The van der Waals surface area contributed by atoms with Crippen LogP contribution in [0.1, 0.15) is 23.5 Å². The molecule has 1 aliphatic heterocycles. The van der Waals surface area contributed by atoms with Crippen LogP contribution < -0.4 is 10.6 Å². The van der Waals surface area contributed by atoms with Gasteiger partial charge in [0.25, 0.3) is 0 Å². The largest absolute Gasteiger partial charge is 0.434 e. The summed E-state index contributed by atoms with van der Waals surface area (Å²) in [6, 6.07) is 0. The van der Waals surface area contributed by atoms with Crippen molar-refractivity contribution in [2.75, 3.05) is 40.3 Å². The van der Waals surface area contributed by atoms with E-state index in [0.717, 1.165) is 36.2 Å². The number of rotatable bonds is 7. The molecule has 1 saturated heterocycles. The van der Waals surface area contributed by atoms with Crippen LogP contribution >= 0.6 is 11.3 Å². The minimum atomic E-state index is -4.43. The van der Waals surface area contributed by atoms with Crippen molar-refractivity contribution in [2.24, 2.45) is 4.99 Å². The van der Waals surface area contributed by atoms with Crippen molar-refractivity contribution in [1.29, 1.82) is 0 Å². The molecular formula is C16H24F3N5O2S. The average molecular weight is 407 g/mol. The lowest BCUT2D eigenvalue weighted by molar-refractivity contribution is -0.140. The molecule has 1 unspecified atom stereocenters. The van der Waals surface area contributed by atoms with Crippen molar-refractivity contribution < 1.29 is 22.7 Å². The first-order valence-corrected chi connectivity index (χ1v) is 9.49. The van der Waals surface area contributed by atoms with Gasteiger partial charge in [-0.3, -0.25) is 4.79 Å². The molecule has 1 aromatic heterocycles. The van der Waals surface area contributed by atoms with Crippen molar-refractivity contribution in [3.05, 3.63) is 16.1 Å². The van der Waals surface area contributed by atoms with Gasteiger partial charge in [0, 0.05) is 45.6 Å². The Hall–Kier alpha value is -1.88. The van der Waals surface area contributed by atoms with Crippen LogP contribution in [0.3, 0.4) is 0 Å². The summed E-state index contributed by atoms with van der Waals surface area (Å²) in [5, 5.41) is 7.55. The lowest BCUT2D eigenvalue weighted by atomic mass is 10.2. The van der Waals surface area contributed by atoms with Crippen LogP contribution in [-0.2, 0) is 22.1 Å². The van der Waals surface area contributed by atoms with Gasteiger partial charge in [0.15, 0.2) is 11.7 Å². The smallest absolute Gasteiger partial charge is 0.376 e. The fourth-order valence-electron chi connectivity index (χ4n) is 2.32. The highest BCUT2D eigenvalue weighted by molar-refractivity contribution is 7.09. The number of carbonyl (C=O) groups is 1. The van der Waals surface area contributed by atoms with E-state index in [1.165, 1.54) is 4.90 Å². The molecule has 0 spiro atoms. The predicted octanol–water partition coefficient (Wildman–Crippen LogP) is 1.51. The summed E-state index contributed by atoms with van der Waals surface area (Å²) in [4.78, 5) is 21.0. The number of nitrogens with one attached hydrogen (secondary N) is 2. The molecule has 1 aromatic rings. The zero-order valence-corrected chi connectivity index (χ0v) is 16.1. The van der Waals surface area contributed by atoms with E-state index in [4.69, 9.17) is 4.74 Å². The van der Waals surface area contributed by atoms with Crippen LogP contribution in [0.15, 0.2) is 10.4 Å². The first-order valence-electron chi connectivity index (χ1n) is 8.61. The van der Waals surface area contributed by atoms with E-state index < -0.39 is 11.9 Å². The number of nitrogens with zero attached hydrogens (tertiary/aromatic N) is 3. The predicted molar refractivity (Wildman–Crippen MR) is 96.8 cm³/mol. The van der Waals surface area contributed by atoms with Crippen LogP contribution in [0.5, 0.6) is 0 Å². The fraction of sp³-hybridized carbons (Fsp3) is 0.688. The zero-order chi connectivity index (χ0) is 19.9. The minimum absolute atomic E-state index is 0.0245. The number of carbonyl (C=O) groups excluding carboxylic acids is 1. The number of aliphatic imine (C=N–C) groups is 1. The number of aromatic nitrogens is 1. The summed E-state index contributed by atoms with van der Waals surface area (Å²) in [5.74, 6) is 0.274. The Bertz CT molecular complexity index is 642. The van der Waals surface area contributed by atoms with Gasteiger partial charge in [0.2, 0.25) is 5.91 Å². The standard InChI is InChI=1S/C16H24F3N5O2S/c1-24(2)14(25)9-22-15(21-8-11-4-3-7-26-11)20-6-5-13-23-12(10-27-13)16(17,18)19/h10-11H,3-9H2,1-2H3,(H2,20,21,22). The molecule has 2 rings (SSSR count). The maximum absolute atomic E-state index is 12.6. The van der Waals surface area contributed by atoms with Crippen LogP contribution in [0.2, 0.25) is 0 Å². The molecule has 0 radical (unpaired) electrons. The number of ether oxygens (including phenoxy) is 1. The molecule has 2 heterocycles. The second kappa shape index (κ2) is 9.88. The number of likely N-dealkylation sites (N-methyl/N-ethyl adjacent to an activating group) is 1. The quantitative estimate of drug-likeness (QED) is 0.529. The number of halogens is 3. The van der Waals surface area contributed by atoms with Gasteiger partial charge in [0.1, 0.15) is 6.54 Å². The van der Waals surface area contributed by atoms with Gasteiger partial charge in [-0.25, -0.2) is 9.98 Å². The maximum Gasteiger partial charge on any atom is 0.434 e. The third-order valence-electron chi connectivity index (χ3n) is 3.87. The summed E-state index contributed by atoms with van der Waals surface area (Å²) in [6.07, 6.45) is -2.05. The van der Waals surface area contributed by atoms with Gasteiger partial charge < -0.3 is 20.3 Å². The van der Waals surface area contributed by atoms with E-state index in [1.54, 1.807) is 14.1 Å². The highest BCUT2D eigenvalue weighted by atomic mass is 32.1. The first-order chi connectivity index (χ1) is 12.8. The Morgan fingerprint density at radius 1 is 1.44 bits per heavy atom. The van der Waals surface area contributed by atoms with Gasteiger partial charge in [-0.05, 0) is 12.8 Å². The Morgan fingerprint density at radius 2 is 2.22 bits per heavy atom. The minimum Gasteiger partial charge on any atom is -0.376 e. The van der Waals surface area contributed by atoms with E-state index in [-0.39, 0.29) is 18.6 Å². The van der Waals surface area contributed by atoms with Gasteiger partial charge in [0.05, 0.1) is 11.1 Å². The van der Waals surface area contributed by atoms with E-state index >= 15 is 0 Å². The number of alkyl halides is 3. The summed E-state index contributed by atoms with van der Waals surface area (Å²) in [5.41, 5.74) is -0.871. The first kappa shape index (κ1) is 21.4. The normalized spacial score (nSPS) is 17.8. The Labute approximate surface area is 160 Å². The van der Waals surface area contributed by atoms with E-state index in [9.17, 15) is 18.0 Å². The second-order valence-electron chi connectivity index (χ2n) is 6.27. The monoisotopic (exact) mass is 407 g/mol. The molecule has 1 aliphatic rings. The summed E-state index contributed by atoms with van der Waals surface area (Å²) >= 11 is 0.972. The highest BCUT2D eigenvalue weighted by Crippen LogP contribution is 2.29. The van der Waals surface area contributed by atoms with Crippen LogP contribution in [0.4, 0.5) is 13.2 Å². The molecule has 0 aliphatic carbocycles. The summed E-state index contributed by atoms with van der Waals surface area (Å²) < 4.78 is 43.3. The van der Waals surface area contributed by atoms with Crippen LogP contribution in [0.25, 0.3) is 0 Å². The molecular weight excluding hydrogens is 383 g/mol. The van der Waals surface area contributed by atoms with E-state index in [0.29, 0.717) is 30.5 Å². The van der Waals surface area contributed by atoms with Crippen LogP contribution in [0, 0.1) is 0 Å². The summed E-state index contributed by atoms with van der Waals surface area (Å²) in [7, 11) is 3.29. The molecule has 0 saturated carbocycles. The average Bonchev–Trinajstić information content (AvgIpc) is 3.27. The molecule has 0 aromatic carbocycles. The van der Waals surface area contributed by atoms with Gasteiger partial charge in [-0.2, -0.15) is 13.2 Å². The molecule has 2 N–H and O–H groups in total.